The molecule has 186 valence electrons. The summed E-state index contributed by atoms with van der Waals surface area (Å²) in [5.74, 6) is -6.07. The summed E-state index contributed by atoms with van der Waals surface area (Å²) in [6, 6.07) is 17.3. The minimum absolute atomic E-state index is 0.567. The van der Waals surface area contributed by atoms with Crippen molar-refractivity contribution in [1.29, 1.82) is 0 Å². The first kappa shape index (κ1) is 26.2. The second-order valence-corrected chi connectivity index (χ2v) is 9.06. The van der Waals surface area contributed by atoms with Gasteiger partial charge in [-0.1, -0.05) is 60.7 Å². The number of ether oxygens (including phenoxy) is 3. The molecule has 0 bridgehead atoms. The second-order valence-electron chi connectivity index (χ2n) is 7.46. The van der Waals surface area contributed by atoms with E-state index in [1.165, 1.54) is 12.2 Å². The number of hydrogen-bond donors (Lipinski definition) is 0. The molecule has 1 saturated heterocycles. The normalized spacial score (nSPS) is 21.9. The number of alkyl halides is 2. The number of esters is 2. The molecule has 0 spiro atoms. The second kappa shape index (κ2) is 11.3. The molecule has 35 heavy (non-hydrogen) atoms. The number of hydrogen-bond acceptors (Lipinski definition) is 8. The Kier molecular flexibility index (Phi) is 8.49. The summed E-state index contributed by atoms with van der Waals surface area (Å²) in [6.45, 7) is -0.752. The smallest absolute Gasteiger partial charge is 0.337 e. The third-order valence-corrected chi connectivity index (χ3v) is 5.17. The number of halogens is 2. The van der Waals surface area contributed by atoms with Crippen LogP contribution in [-0.4, -0.2) is 57.6 Å². The topological polar surface area (TPSA) is 105 Å². The van der Waals surface area contributed by atoms with Crippen LogP contribution in [0.15, 0.2) is 72.8 Å². The molecule has 1 unspecified atom stereocenters. The van der Waals surface area contributed by atoms with Crippen molar-refractivity contribution >= 4 is 34.2 Å². The van der Waals surface area contributed by atoms with Crippen LogP contribution >= 0.6 is 0 Å². The number of carbonyl (C=O) groups is 2. The molecule has 0 saturated carbocycles. The monoisotopic (exact) mass is 508 g/mol. The maximum atomic E-state index is 14.9. The predicted molar refractivity (Wildman–Crippen MR) is 121 cm³/mol. The van der Waals surface area contributed by atoms with Gasteiger partial charge in [-0.3, -0.25) is 0 Å². The molecular weight excluding hydrogens is 486 g/mol. The minimum atomic E-state index is -4.35. The molecule has 3 rings (SSSR count). The van der Waals surface area contributed by atoms with Crippen LogP contribution < -0.4 is 0 Å². The van der Waals surface area contributed by atoms with E-state index in [1.807, 2.05) is 0 Å². The van der Waals surface area contributed by atoms with Crippen LogP contribution in [-0.2, 0) is 38.1 Å². The molecule has 11 heteroatoms. The fourth-order valence-corrected chi connectivity index (χ4v) is 3.55. The van der Waals surface area contributed by atoms with Gasteiger partial charge in [0, 0.05) is 12.2 Å². The number of rotatable bonds is 9. The van der Waals surface area contributed by atoms with Gasteiger partial charge >= 0.3 is 17.9 Å². The molecule has 8 nitrogen and oxygen atoms in total. The summed E-state index contributed by atoms with van der Waals surface area (Å²) in [5.41, 5.74) is 1.32. The van der Waals surface area contributed by atoms with Gasteiger partial charge in [-0.05, 0) is 23.3 Å². The Balaban J connectivity index is 1.70. The van der Waals surface area contributed by atoms with Crippen LogP contribution in [0.2, 0.25) is 0 Å². The van der Waals surface area contributed by atoms with E-state index in [-0.39, 0.29) is 0 Å². The fraction of sp³-hybridized carbons (Fsp3) is 0.250. The maximum Gasteiger partial charge on any atom is 0.337 e. The number of benzene rings is 2. The van der Waals surface area contributed by atoms with Gasteiger partial charge in [0.1, 0.15) is 12.7 Å². The first-order chi connectivity index (χ1) is 16.5. The summed E-state index contributed by atoms with van der Waals surface area (Å²) in [6.07, 6.45) is -1.17. The lowest BCUT2D eigenvalue weighted by Gasteiger charge is -2.22. The zero-order chi connectivity index (χ0) is 25.5. The van der Waals surface area contributed by atoms with Crippen molar-refractivity contribution < 1.29 is 45.2 Å². The number of carbonyl (C=O) groups excluding carboxylic acids is 2. The Bertz CT molecular complexity index is 1180. The molecule has 0 amide bonds. The van der Waals surface area contributed by atoms with E-state index in [0.29, 0.717) is 17.4 Å². The van der Waals surface area contributed by atoms with Crippen molar-refractivity contribution in [2.75, 3.05) is 12.9 Å². The third kappa shape index (κ3) is 7.81. The molecule has 0 aliphatic carbocycles. The Morgan fingerprint density at radius 2 is 1.46 bits per heavy atom. The van der Waals surface area contributed by atoms with Crippen LogP contribution in [0, 0.1) is 0 Å². The Labute approximate surface area is 200 Å². The van der Waals surface area contributed by atoms with E-state index in [9.17, 15) is 26.8 Å². The Morgan fingerprint density at radius 3 is 1.97 bits per heavy atom. The van der Waals surface area contributed by atoms with E-state index in [0.717, 1.165) is 12.2 Å². The van der Waals surface area contributed by atoms with Crippen molar-refractivity contribution in [3.63, 3.8) is 0 Å². The molecule has 0 radical (unpaired) electrons. The third-order valence-electron chi connectivity index (χ3n) is 4.65. The Morgan fingerprint density at radius 1 is 0.943 bits per heavy atom. The molecule has 3 atom stereocenters. The van der Waals surface area contributed by atoms with Gasteiger partial charge in [-0.15, -0.1) is 0 Å². The van der Waals surface area contributed by atoms with E-state index in [2.05, 4.69) is 4.18 Å². The van der Waals surface area contributed by atoms with Gasteiger partial charge in [0.2, 0.25) is 12.4 Å². The van der Waals surface area contributed by atoms with E-state index in [1.54, 1.807) is 60.7 Å². The SMILES string of the molecule is CS(=O)(=O)OC1O[C@H](COC(=O)C=Cc2ccccc2)[C@@H](OC(=O)C=Cc2ccccc2)C1(F)F. The van der Waals surface area contributed by atoms with Gasteiger partial charge in [-0.2, -0.15) is 17.2 Å². The van der Waals surface area contributed by atoms with Crippen LogP contribution in [0.1, 0.15) is 11.1 Å². The van der Waals surface area contributed by atoms with E-state index < -0.39 is 53.1 Å². The van der Waals surface area contributed by atoms with Crippen molar-refractivity contribution in [2.45, 2.75) is 24.4 Å². The van der Waals surface area contributed by atoms with Gasteiger partial charge in [0.25, 0.3) is 10.1 Å². The summed E-state index contributed by atoms with van der Waals surface area (Å²) in [7, 11) is -4.35. The van der Waals surface area contributed by atoms with Crippen LogP contribution in [0.5, 0.6) is 0 Å². The largest absolute Gasteiger partial charge is 0.460 e. The van der Waals surface area contributed by atoms with Crippen molar-refractivity contribution in [2.24, 2.45) is 0 Å². The lowest BCUT2D eigenvalue weighted by Crippen LogP contribution is -2.45. The van der Waals surface area contributed by atoms with Crippen LogP contribution in [0.25, 0.3) is 12.2 Å². The highest BCUT2D eigenvalue weighted by Crippen LogP contribution is 2.39. The van der Waals surface area contributed by atoms with Gasteiger partial charge in [0.05, 0.1) is 6.26 Å². The van der Waals surface area contributed by atoms with Gasteiger partial charge in [-0.25, -0.2) is 13.8 Å². The highest BCUT2D eigenvalue weighted by molar-refractivity contribution is 7.86. The summed E-state index contributed by atoms with van der Waals surface area (Å²) in [5, 5.41) is 0. The zero-order valence-electron chi connectivity index (χ0n) is 18.5. The highest BCUT2D eigenvalue weighted by Gasteiger charge is 2.63. The standard InChI is InChI=1S/C24H22F2O8S/c1-35(29,30)34-23-24(25,26)22(33-21(28)15-13-18-10-6-3-7-11-18)19(32-23)16-31-20(27)14-12-17-8-4-2-5-9-17/h2-15,19,22-23H,16H2,1H3/t19-,22-,23?/m1/s1. The average Bonchev–Trinajstić information content (AvgIpc) is 3.04. The molecule has 0 aromatic heterocycles. The highest BCUT2D eigenvalue weighted by atomic mass is 32.2. The van der Waals surface area contributed by atoms with E-state index in [4.69, 9.17) is 14.2 Å². The zero-order valence-corrected chi connectivity index (χ0v) is 19.3. The molecular formula is C24H22F2O8S. The first-order valence-corrected chi connectivity index (χ1v) is 12.1. The molecule has 1 heterocycles. The first-order valence-electron chi connectivity index (χ1n) is 10.3. The van der Waals surface area contributed by atoms with Crippen molar-refractivity contribution in [3.8, 4) is 0 Å². The Hall–Kier alpha value is -3.41. The molecule has 0 N–H and O–H groups in total. The molecule has 1 aliphatic heterocycles. The summed E-state index contributed by atoms with van der Waals surface area (Å²) in [4.78, 5) is 24.3. The van der Waals surface area contributed by atoms with Gasteiger partial charge < -0.3 is 14.2 Å². The van der Waals surface area contributed by atoms with Crippen molar-refractivity contribution in [1.82, 2.24) is 0 Å². The fourth-order valence-electron chi connectivity index (χ4n) is 3.06. The predicted octanol–water partition coefficient (Wildman–Crippen LogP) is 3.20. The summed E-state index contributed by atoms with van der Waals surface area (Å²) < 4.78 is 71.8. The molecule has 1 aliphatic rings. The van der Waals surface area contributed by atoms with Crippen molar-refractivity contribution in [3.05, 3.63) is 83.9 Å². The quantitative estimate of drug-likeness (QED) is 0.289. The minimum Gasteiger partial charge on any atom is -0.460 e. The molecule has 2 aromatic rings. The van der Waals surface area contributed by atoms with Gasteiger partial charge in [0.15, 0.2) is 0 Å². The summed E-state index contributed by atoms with van der Waals surface area (Å²) >= 11 is 0. The lowest BCUT2D eigenvalue weighted by atomic mass is 10.1. The maximum absolute atomic E-state index is 14.9. The van der Waals surface area contributed by atoms with E-state index >= 15 is 0 Å². The lowest BCUT2D eigenvalue weighted by molar-refractivity contribution is -0.191. The van der Waals surface area contributed by atoms with Crippen LogP contribution in [0.4, 0.5) is 8.78 Å². The van der Waals surface area contributed by atoms with Crippen LogP contribution in [0.3, 0.4) is 0 Å². The average molecular weight is 508 g/mol. The molecule has 2 aromatic carbocycles. The molecule has 1 fully saturated rings.